The van der Waals surface area contributed by atoms with E-state index in [1.54, 1.807) is 0 Å². The maximum absolute atomic E-state index is 2.44. The van der Waals surface area contributed by atoms with Crippen molar-refractivity contribution in [3.05, 3.63) is 180 Å². The van der Waals surface area contributed by atoms with Gasteiger partial charge < -0.3 is 9.13 Å². The molecule has 0 bridgehead atoms. The number of para-hydroxylation sites is 1. The smallest absolute Gasteiger partial charge is 0.0541 e. The highest BCUT2D eigenvalue weighted by atomic mass is 15.0. The Morgan fingerprint density at radius 2 is 0.860 bits per heavy atom. The number of fused-ring (bicyclic) bond motifs is 6. The third kappa shape index (κ3) is 4.64. The van der Waals surface area contributed by atoms with Crippen molar-refractivity contribution in [3.8, 4) is 44.8 Å². The molecule has 0 radical (unpaired) electrons. The first-order valence-corrected chi connectivity index (χ1v) is 17.5. The lowest BCUT2D eigenvalue weighted by Gasteiger charge is -2.11. The first-order valence-electron chi connectivity index (χ1n) is 17.5. The molecule has 0 aliphatic heterocycles. The average Bonchev–Trinajstić information content (AvgIpc) is 3.71. The van der Waals surface area contributed by atoms with Crippen LogP contribution in [0.5, 0.6) is 0 Å². The molecular weight excluding hydrogens is 605 g/mol. The van der Waals surface area contributed by atoms with E-state index in [1.807, 2.05) is 0 Å². The second kappa shape index (κ2) is 11.6. The van der Waals surface area contributed by atoms with E-state index in [2.05, 4.69) is 191 Å². The van der Waals surface area contributed by atoms with Gasteiger partial charge in [0.25, 0.3) is 0 Å². The summed E-state index contributed by atoms with van der Waals surface area (Å²) >= 11 is 0. The van der Waals surface area contributed by atoms with E-state index in [1.165, 1.54) is 88.0 Å². The van der Waals surface area contributed by atoms with Gasteiger partial charge in [-0.1, -0.05) is 127 Å². The predicted octanol–water partition coefficient (Wildman–Crippen LogP) is 11.1. The van der Waals surface area contributed by atoms with Gasteiger partial charge in [-0.2, -0.15) is 0 Å². The molecule has 1 aliphatic carbocycles. The Balaban J connectivity index is 1.10. The highest BCUT2D eigenvalue weighted by molar-refractivity contribution is 6.10. The molecule has 7 aromatic carbocycles. The molecule has 0 N–H and O–H groups in total. The molecule has 50 heavy (non-hydrogen) atoms. The maximum Gasteiger partial charge on any atom is 0.0541 e. The Morgan fingerprint density at radius 1 is 0.320 bits per heavy atom. The summed E-state index contributed by atoms with van der Waals surface area (Å²) in [5, 5.41) is 6.48. The van der Waals surface area contributed by atoms with Crippen LogP contribution in [0.15, 0.2) is 170 Å². The molecule has 2 heterocycles. The van der Waals surface area contributed by atoms with Crippen molar-refractivity contribution in [2.45, 2.75) is 12.8 Å². The zero-order chi connectivity index (χ0) is 33.0. The summed E-state index contributed by atoms with van der Waals surface area (Å²) in [6, 6.07) is 61.9. The second-order valence-electron chi connectivity index (χ2n) is 13.3. The summed E-state index contributed by atoms with van der Waals surface area (Å²) in [6.45, 7) is 0. The van der Waals surface area contributed by atoms with Gasteiger partial charge in [-0.3, -0.25) is 0 Å². The number of hydrogen-bond acceptors (Lipinski definition) is 0. The molecule has 0 atom stereocenters. The fourth-order valence-corrected chi connectivity index (χ4v) is 7.98. The fourth-order valence-electron chi connectivity index (χ4n) is 7.98. The number of nitrogens with zero attached hydrogens (tertiary/aromatic N) is 2. The van der Waals surface area contributed by atoms with Crippen LogP contribution in [0, 0.1) is 0 Å². The van der Waals surface area contributed by atoms with Crippen LogP contribution in [0.4, 0.5) is 0 Å². The Hall–Kier alpha value is -6.38. The molecule has 2 nitrogen and oxygen atoms in total. The van der Waals surface area contributed by atoms with Crippen molar-refractivity contribution < 1.29 is 0 Å². The lowest BCUT2D eigenvalue weighted by atomic mass is 10.0. The number of rotatable bonds is 5. The van der Waals surface area contributed by atoms with E-state index in [4.69, 9.17) is 0 Å². The van der Waals surface area contributed by atoms with Crippen molar-refractivity contribution in [1.82, 2.24) is 9.13 Å². The molecule has 2 heteroatoms. The van der Waals surface area contributed by atoms with Gasteiger partial charge in [0.05, 0.1) is 16.6 Å². The molecule has 9 aromatic rings. The molecular formula is C48H34N2. The van der Waals surface area contributed by atoms with Crippen molar-refractivity contribution in [2.75, 3.05) is 0 Å². The van der Waals surface area contributed by atoms with E-state index < -0.39 is 0 Å². The van der Waals surface area contributed by atoms with Crippen molar-refractivity contribution in [1.29, 1.82) is 0 Å². The topological polar surface area (TPSA) is 9.86 Å². The van der Waals surface area contributed by atoms with E-state index >= 15 is 0 Å². The normalized spacial score (nSPS) is 12.6. The van der Waals surface area contributed by atoms with Gasteiger partial charge in [0, 0.05) is 38.1 Å². The number of hydrogen-bond donors (Lipinski definition) is 0. The Morgan fingerprint density at radius 3 is 1.62 bits per heavy atom. The third-order valence-corrected chi connectivity index (χ3v) is 10.3. The highest BCUT2D eigenvalue weighted by Crippen LogP contribution is 2.36. The molecule has 0 saturated heterocycles. The maximum atomic E-state index is 2.44. The minimum atomic E-state index is 1.06. The van der Waals surface area contributed by atoms with Crippen LogP contribution in [0.2, 0.25) is 0 Å². The van der Waals surface area contributed by atoms with Gasteiger partial charge in [-0.25, -0.2) is 0 Å². The van der Waals surface area contributed by atoms with Crippen LogP contribution in [0.1, 0.15) is 12.8 Å². The van der Waals surface area contributed by atoms with Crippen LogP contribution in [-0.2, 0) is 0 Å². The average molecular weight is 639 g/mol. The van der Waals surface area contributed by atoms with Gasteiger partial charge in [0.1, 0.15) is 0 Å². The molecule has 0 fully saturated rings. The van der Waals surface area contributed by atoms with Gasteiger partial charge in [-0.15, -0.1) is 0 Å². The SMILES string of the molecule is C1=c2c(n(-c3ccc(-c4ccccc4)cc3)c3ccc(-c4ccc5c(c4)c4ccccc4n5-c4cccc(-c5ccccc5)c4)cc23)=CCC1. The number of aromatic nitrogens is 2. The standard InChI is InChI=1S/C48H34N2/c1-3-12-33(13-4-1)35-22-26-39(27-23-35)49-45-20-9-7-18-41(45)43-31-37(24-28-47(43)49)38-25-29-48-44(32-38)42-19-8-10-21-46(42)50(48)40-17-11-16-36(30-40)34-14-5-2-6-15-34/h1-6,8,10-32H,7,9H2. The molecule has 10 rings (SSSR count). The minimum Gasteiger partial charge on any atom is -0.310 e. The van der Waals surface area contributed by atoms with Gasteiger partial charge in [-0.05, 0) is 101 Å². The monoisotopic (exact) mass is 638 g/mol. The molecule has 0 spiro atoms. The highest BCUT2D eigenvalue weighted by Gasteiger charge is 2.16. The fraction of sp³-hybridized carbons (Fsp3) is 0.0417. The number of benzene rings is 7. The summed E-state index contributed by atoms with van der Waals surface area (Å²) in [5.74, 6) is 0. The summed E-state index contributed by atoms with van der Waals surface area (Å²) in [7, 11) is 0. The minimum absolute atomic E-state index is 1.06. The quantitative estimate of drug-likeness (QED) is 0.178. The Bertz CT molecular complexity index is 2840. The first kappa shape index (κ1) is 28.6. The summed E-state index contributed by atoms with van der Waals surface area (Å²) in [4.78, 5) is 0. The van der Waals surface area contributed by atoms with Gasteiger partial charge in [0.15, 0.2) is 0 Å². The molecule has 0 amide bonds. The third-order valence-electron chi connectivity index (χ3n) is 10.3. The van der Waals surface area contributed by atoms with Crippen molar-refractivity contribution in [2.24, 2.45) is 0 Å². The molecule has 2 aromatic heterocycles. The molecule has 0 saturated carbocycles. The van der Waals surface area contributed by atoms with E-state index in [0.29, 0.717) is 0 Å². The summed E-state index contributed by atoms with van der Waals surface area (Å²) in [6.07, 6.45) is 6.97. The summed E-state index contributed by atoms with van der Waals surface area (Å²) < 4.78 is 4.85. The Kier molecular flexibility index (Phi) is 6.67. The van der Waals surface area contributed by atoms with Crippen LogP contribution in [0.3, 0.4) is 0 Å². The van der Waals surface area contributed by atoms with Crippen molar-refractivity contribution in [3.63, 3.8) is 0 Å². The lowest BCUT2D eigenvalue weighted by molar-refractivity contribution is 1.02. The lowest BCUT2D eigenvalue weighted by Crippen LogP contribution is -2.30. The van der Waals surface area contributed by atoms with Crippen molar-refractivity contribution >= 4 is 44.9 Å². The van der Waals surface area contributed by atoms with Gasteiger partial charge >= 0.3 is 0 Å². The molecule has 236 valence electrons. The van der Waals surface area contributed by atoms with Crippen LogP contribution >= 0.6 is 0 Å². The second-order valence-corrected chi connectivity index (χ2v) is 13.3. The zero-order valence-electron chi connectivity index (χ0n) is 27.6. The Labute approximate surface area is 291 Å². The largest absolute Gasteiger partial charge is 0.310 e. The molecule has 0 unspecified atom stereocenters. The van der Waals surface area contributed by atoms with E-state index in [0.717, 1.165) is 12.8 Å². The van der Waals surface area contributed by atoms with E-state index in [-0.39, 0.29) is 0 Å². The van der Waals surface area contributed by atoms with E-state index in [9.17, 15) is 0 Å². The summed E-state index contributed by atoms with van der Waals surface area (Å²) in [5.41, 5.74) is 13.4. The predicted molar refractivity (Wildman–Crippen MR) is 211 cm³/mol. The van der Waals surface area contributed by atoms with Crippen LogP contribution < -0.4 is 10.6 Å². The van der Waals surface area contributed by atoms with Crippen LogP contribution in [-0.4, -0.2) is 9.13 Å². The zero-order valence-corrected chi connectivity index (χ0v) is 27.6. The molecule has 1 aliphatic rings. The van der Waals surface area contributed by atoms with Gasteiger partial charge in [0.2, 0.25) is 0 Å². The first-order chi connectivity index (χ1) is 24.8. The van der Waals surface area contributed by atoms with Crippen LogP contribution in [0.25, 0.3) is 89.6 Å².